The third-order valence-electron chi connectivity index (χ3n) is 4.69. The molecule has 0 bridgehead atoms. The number of carbonyl (C=O) groups excluding carboxylic acids is 1. The fourth-order valence-corrected chi connectivity index (χ4v) is 3.39. The molecule has 0 saturated heterocycles. The summed E-state index contributed by atoms with van der Waals surface area (Å²) >= 11 is 0. The molecule has 6 heteroatoms. The molecule has 1 heterocycles. The highest BCUT2D eigenvalue weighted by Gasteiger charge is 2.20. The summed E-state index contributed by atoms with van der Waals surface area (Å²) in [5.41, 5.74) is 2.88. The van der Waals surface area contributed by atoms with Crippen LogP contribution in [0.3, 0.4) is 0 Å². The normalized spacial score (nSPS) is 18.2. The predicted octanol–water partition coefficient (Wildman–Crippen LogP) is 3.18. The maximum absolute atomic E-state index is 12.1. The van der Waals surface area contributed by atoms with Gasteiger partial charge in [-0.15, -0.1) is 0 Å². The standard InChI is InChI=1S/C17H23N3O3/c21-16(18-14-4-2-1-3-5-14)19-15-7-6-13-11-20(17(22)23)9-8-12(13)10-15/h6-7,10,14H,1-5,8-9,11H2,(H,22,23)(H2,18,19,21). The van der Waals surface area contributed by atoms with Gasteiger partial charge in [0.2, 0.25) is 0 Å². The summed E-state index contributed by atoms with van der Waals surface area (Å²) in [6.45, 7) is 0.916. The van der Waals surface area contributed by atoms with E-state index in [2.05, 4.69) is 10.6 Å². The van der Waals surface area contributed by atoms with Gasteiger partial charge in [-0.25, -0.2) is 9.59 Å². The Bertz CT molecular complexity index is 597. The van der Waals surface area contributed by atoms with Crippen LogP contribution < -0.4 is 10.6 Å². The molecule has 1 aliphatic carbocycles. The van der Waals surface area contributed by atoms with Crippen molar-refractivity contribution >= 4 is 17.8 Å². The summed E-state index contributed by atoms with van der Waals surface area (Å²) in [5.74, 6) is 0. The first-order valence-corrected chi connectivity index (χ1v) is 8.29. The van der Waals surface area contributed by atoms with Crippen LogP contribution in [0.1, 0.15) is 43.2 Å². The Balaban J connectivity index is 1.59. The van der Waals surface area contributed by atoms with Gasteiger partial charge in [-0.1, -0.05) is 25.3 Å². The molecule has 0 spiro atoms. The minimum atomic E-state index is -0.885. The van der Waals surface area contributed by atoms with Crippen LogP contribution in [-0.4, -0.2) is 34.7 Å². The number of nitrogens with one attached hydrogen (secondary N) is 2. The Morgan fingerprint density at radius 1 is 1.13 bits per heavy atom. The van der Waals surface area contributed by atoms with Gasteiger partial charge in [-0.2, -0.15) is 0 Å². The summed E-state index contributed by atoms with van der Waals surface area (Å²) < 4.78 is 0. The van der Waals surface area contributed by atoms with E-state index in [1.807, 2.05) is 18.2 Å². The number of hydrogen-bond acceptors (Lipinski definition) is 2. The number of carboxylic acid groups (broad SMARTS) is 1. The van der Waals surface area contributed by atoms with Crippen molar-refractivity contribution in [3.63, 3.8) is 0 Å². The van der Waals surface area contributed by atoms with E-state index in [1.54, 1.807) is 0 Å². The Morgan fingerprint density at radius 3 is 2.65 bits per heavy atom. The van der Waals surface area contributed by atoms with E-state index < -0.39 is 6.09 Å². The van der Waals surface area contributed by atoms with E-state index in [1.165, 1.54) is 24.2 Å². The second kappa shape index (κ2) is 6.89. The molecule has 3 N–H and O–H groups in total. The number of urea groups is 1. The van der Waals surface area contributed by atoms with Gasteiger partial charge in [0.25, 0.3) is 0 Å². The molecule has 124 valence electrons. The molecule has 0 unspecified atom stereocenters. The van der Waals surface area contributed by atoms with Crippen LogP contribution in [0.15, 0.2) is 18.2 Å². The summed E-state index contributed by atoms with van der Waals surface area (Å²) in [6, 6.07) is 5.82. The van der Waals surface area contributed by atoms with Crippen LogP contribution in [0.4, 0.5) is 15.3 Å². The van der Waals surface area contributed by atoms with Gasteiger partial charge < -0.3 is 20.6 Å². The molecular weight excluding hydrogens is 294 g/mol. The van der Waals surface area contributed by atoms with Gasteiger partial charge in [0.05, 0.1) is 0 Å². The van der Waals surface area contributed by atoms with Crippen molar-refractivity contribution < 1.29 is 14.7 Å². The minimum Gasteiger partial charge on any atom is -0.465 e. The summed E-state index contributed by atoms with van der Waals surface area (Å²) in [6.07, 6.45) is 5.54. The zero-order valence-electron chi connectivity index (χ0n) is 13.2. The summed E-state index contributed by atoms with van der Waals surface area (Å²) in [4.78, 5) is 24.5. The molecule has 3 rings (SSSR count). The van der Waals surface area contributed by atoms with E-state index in [0.717, 1.165) is 29.7 Å². The number of amides is 3. The lowest BCUT2D eigenvalue weighted by Gasteiger charge is -2.27. The van der Waals surface area contributed by atoms with E-state index in [0.29, 0.717) is 19.5 Å². The van der Waals surface area contributed by atoms with Crippen LogP contribution >= 0.6 is 0 Å². The first-order chi connectivity index (χ1) is 11.1. The summed E-state index contributed by atoms with van der Waals surface area (Å²) in [7, 11) is 0. The molecule has 6 nitrogen and oxygen atoms in total. The lowest BCUT2D eigenvalue weighted by molar-refractivity contribution is 0.140. The third kappa shape index (κ3) is 3.94. The number of benzene rings is 1. The van der Waals surface area contributed by atoms with Crippen molar-refractivity contribution in [3.8, 4) is 0 Å². The molecule has 0 atom stereocenters. The van der Waals surface area contributed by atoms with Crippen molar-refractivity contribution in [3.05, 3.63) is 29.3 Å². The highest BCUT2D eigenvalue weighted by molar-refractivity contribution is 5.89. The largest absolute Gasteiger partial charge is 0.465 e. The maximum atomic E-state index is 12.1. The average Bonchev–Trinajstić information content (AvgIpc) is 2.55. The number of rotatable bonds is 2. The van der Waals surface area contributed by atoms with Gasteiger partial charge in [-0.05, 0) is 42.5 Å². The van der Waals surface area contributed by atoms with Gasteiger partial charge >= 0.3 is 12.1 Å². The topological polar surface area (TPSA) is 81.7 Å². The van der Waals surface area contributed by atoms with Crippen molar-refractivity contribution in [1.82, 2.24) is 10.2 Å². The highest BCUT2D eigenvalue weighted by Crippen LogP contribution is 2.23. The van der Waals surface area contributed by atoms with Crippen molar-refractivity contribution in [2.75, 3.05) is 11.9 Å². The van der Waals surface area contributed by atoms with Crippen molar-refractivity contribution in [1.29, 1.82) is 0 Å². The van der Waals surface area contributed by atoms with E-state index in [4.69, 9.17) is 5.11 Å². The Morgan fingerprint density at radius 2 is 1.91 bits per heavy atom. The second-order valence-corrected chi connectivity index (χ2v) is 6.37. The lowest BCUT2D eigenvalue weighted by atomic mass is 9.96. The zero-order chi connectivity index (χ0) is 16.2. The molecule has 1 aliphatic heterocycles. The average molecular weight is 317 g/mol. The minimum absolute atomic E-state index is 0.153. The lowest BCUT2D eigenvalue weighted by Crippen LogP contribution is -2.39. The number of hydrogen-bond donors (Lipinski definition) is 3. The van der Waals surface area contributed by atoms with Crippen LogP contribution in [-0.2, 0) is 13.0 Å². The molecule has 1 aromatic rings. The fraction of sp³-hybridized carbons (Fsp3) is 0.529. The molecule has 3 amide bonds. The van der Waals surface area contributed by atoms with Gasteiger partial charge in [0, 0.05) is 24.8 Å². The highest BCUT2D eigenvalue weighted by atomic mass is 16.4. The number of anilines is 1. The number of carbonyl (C=O) groups is 2. The number of fused-ring (bicyclic) bond motifs is 1. The van der Waals surface area contributed by atoms with E-state index in [-0.39, 0.29) is 12.1 Å². The fourth-order valence-electron chi connectivity index (χ4n) is 3.39. The second-order valence-electron chi connectivity index (χ2n) is 6.37. The predicted molar refractivity (Wildman–Crippen MR) is 87.6 cm³/mol. The van der Waals surface area contributed by atoms with Gasteiger partial charge in [-0.3, -0.25) is 0 Å². The Hall–Kier alpha value is -2.24. The van der Waals surface area contributed by atoms with Gasteiger partial charge in [0.15, 0.2) is 0 Å². The quantitative estimate of drug-likeness (QED) is 0.783. The van der Waals surface area contributed by atoms with Crippen LogP contribution in [0, 0.1) is 0 Å². The van der Waals surface area contributed by atoms with Crippen LogP contribution in [0.2, 0.25) is 0 Å². The monoisotopic (exact) mass is 317 g/mol. The molecule has 0 radical (unpaired) electrons. The first-order valence-electron chi connectivity index (χ1n) is 8.29. The maximum Gasteiger partial charge on any atom is 0.407 e. The van der Waals surface area contributed by atoms with Crippen molar-refractivity contribution in [2.45, 2.75) is 51.1 Å². The van der Waals surface area contributed by atoms with Crippen molar-refractivity contribution in [2.24, 2.45) is 0 Å². The SMILES string of the molecule is O=C(Nc1ccc2c(c1)CCN(C(=O)O)C2)NC1CCCCC1. The first kappa shape index (κ1) is 15.6. The Labute approximate surface area is 135 Å². The van der Waals surface area contributed by atoms with Gasteiger partial charge in [0.1, 0.15) is 0 Å². The van der Waals surface area contributed by atoms with Crippen LogP contribution in [0.25, 0.3) is 0 Å². The molecule has 1 saturated carbocycles. The zero-order valence-corrected chi connectivity index (χ0v) is 13.2. The van der Waals surface area contributed by atoms with Crippen LogP contribution in [0.5, 0.6) is 0 Å². The van der Waals surface area contributed by atoms with E-state index >= 15 is 0 Å². The molecule has 0 aromatic heterocycles. The molecule has 1 aromatic carbocycles. The Kier molecular flexibility index (Phi) is 4.69. The molecular formula is C17H23N3O3. The number of nitrogens with zero attached hydrogens (tertiary/aromatic N) is 1. The smallest absolute Gasteiger partial charge is 0.407 e. The molecule has 23 heavy (non-hydrogen) atoms. The molecule has 2 aliphatic rings. The third-order valence-corrected chi connectivity index (χ3v) is 4.69. The molecule has 1 fully saturated rings. The summed E-state index contributed by atoms with van der Waals surface area (Å²) in [5, 5.41) is 15.0. The van der Waals surface area contributed by atoms with E-state index in [9.17, 15) is 9.59 Å².